The lowest BCUT2D eigenvalue weighted by Crippen LogP contribution is -1.98. The standard InChI is InChI=1S/C20H21N3/c1-14-5-3-7-16(11-14)22-18-9-10-19(21)20(13-18)23-17-8-4-6-15(2)12-17/h3-13,22-23H,21H2,1-2H3. The van der Waals surface area contributed by atoms with E-state index < -0.39 is 0 Å². The molecule has 3 aromatic rings. The van der Waals surface area contributed by atoms with E-state index >= 15 is 0 Å². The average molecular weight is 303 g/mol. The maximum Gasteiger partial charge on any atom is 0.0638 e. The van der Waals surface area contributed by atoms with E-state index in [-0.39, 0.29) is 0 Å². The van der Waals surface area contributed by atoms with Crippen LogP contribution in [-0.2, 0) is 0 Å². The van der Waals surface area contributed by atoms with Crippen molar-refractivity contribution < 1.29 is 0 Å². The SMILES string of the molecule is Cc1cccc(Nc2ccc(N)c(Nc3cccc(C)c3)c2)c1. The van der Waals surface area contributed by atoms with Gasteiger partial charge in [-0.2, -0.15) is 0 Å². The molecule has 0 aromatic heterocycles. The maximum atomic E-state index is 6.10. The van der Waals surface area contributed by atoms with Crippen molar-refractivity contribution in [2.45, 2.75) is 13.8 Å². The summed E-state index contributed by atoms with van der Waals surface area (Å²) < 4.78 is 0. The van der Waals surface area contributed by atoms with Crippen LogP contribution in [0.2, 0.25) is 0 Å². The average Bonchev–Trinajstić information content (AvgIpc) is 2.51. The van der Waals surface area contributed by atoms with E-state index in [9.17, 15) is 0 Å². The zero-order valence-corrected chi connectivity index (χ0v) is 13.4. The summed E-state index contributed by atoms with van der Waals surface area (Å²) >= 11 is 0. The first-order valence-corrected chi connectivity index (χ1v) is 7.67. The highest BCUT2D eigenvalue weighted by molar-refractivity contribution is 5.78. The summed E-state index contributed by atoms with van der Waals surface area (Å²) in [4.78, 5) is 0. The van der Waals surface area contributed by atoms with Crippen molar-refractivity contribution in [2.24, 2.45) is 0 Å². The molecule has 23 heavy (non-hydrogen) atoms. The Hall–Kier alpha value is -2.94. The smallest absolute Gasteiger partial charge is 0.0638 e. The Kier molecular flexibility index (Phi) is 4.20. The van der Waals surface area contributed by atoms with Crippen LogP contribution in [0.4, 0.5) is 28.4 Å². The summed E-state index contributed by atoms with van der Waals surface area (Å²) in [6.45, 7) is 4.16. The number of anilines is 5. The number of nitrogen functional groups attached to an aromatic ring is 1. The van der Waals surface area contributed by atoms with Gasteiger partial charge in [-0.15, -0.1) is 0 Å². The molecule has 116 valence electrons. The number of nitrogens with two attached hydrogens (primary N) is 1. The van der Waals surface area contributed by atoms with Crippen LogP contribution in [0.5, 0.6) is 0 Å². The van der Waals surface area contributed by atoms with Gasteiger partial charge in [-0.1, -0.05) is 24.3 Å². The minimum Gasteiger partial charge on any atom is -0.397 e. The van der Waals surface area contributed by atoms with Gasteiger partial charge in [0.05, 0.1) is 11.4 Å². The Morgan fingerprint density at radius 1 is 0.652 bits per heavy atom. The van der Waals surface area contributed by atoms with Crippen molar-refractivity contribution in [1.29, 1.82) is 0 Å². The lowest BCUT2D eigenvalue weighted by molar-refractivity contribution is 1.44. The monoisotopic (exact) mass is 303 g/mol. The van der Waals surface area contributed by atoms with Crippen LogP contribution in [0.3, 0.4) is 0 Å². The number of aryl methyl sites for hydroxylation is 2. The van der Waals surface area contributed by atoms with Gasteiger partial charge in [-0.25, -0.2) is 0 Å². The van der Waals surface area contributed by atoms with E-state index in [1.54, 1.807) is 0 Å². The van der Waals surface area contributed by atoms with Gasteiger partial charge >= 0.3 is 0 Å². The van der Waals surface area contributed by atoms with Crippen molar-refractivity contribution in [3.63, 3.8) is 0 Å². The minimum atomic E-state index is 0.723. The molecule has 0 aliphatic heterocycles. The number of rotatable bonds is 4. The Bertz CT molecular complexity index is 825. The second-order valence-electron chi connectivity index (χ2n) is 5.79. The fraction of sp³-hybridized carbons (Fsp3) is 0.100. The zero-order chi connectivity index (χ0) is 16.2. The first-order chi connectivity index (χ1) is 11.1. The molecule has 0 aliphatic rings. The van der Waals surface area contributed by atoms with Crippen LogP contribution in [0.15, 0.2) is 66.7 Å². The molecule has 0 amide bonds. The van der Waals surface area contributed by atoms with Crippen molar-refractivity contribution in [2.75, 3.05) is 16.4 Å². The molecule has 0 bridgehead atoms. The van der Waals surface area contributed by atoms with Crippen molar-refractivity contribution in [3.8, 4) is 0 Å². The Balaban J connectivity index is 1.84. The molecule has 0 fully saturated rings. The van der Waals surface area contributed by atoms with Crippen LogP contribution in [-0.4, -0.2) is 0 Å². The molecule has 0 aliphatic carbocycles. The quantitative estimate of drug-likeness (QED) is 0.568. The molecule has 0 saturated carbocycles. The Morgan fingerprint density at radius 2 is 1.22 bits per heavy atom. The third kappa shape index (κ3) is 3.83. The van der Waals surface area contributed by atoms with E-state index in [2.05, 4.69) is 54.8 Å². The summed E-state index contributed by atoms with van der Waals surface area (Å²) in [5.74, 6) is 0. The first-order valence-electron chi connectivity index (χ1n) is 7.67. The largest absolute Gasteiger partial charge is 0.397 e. The van der Waals surface area contributed by atoms with Crippen LogP contribution in [0.25, 0.3) is 0 Å². The predicted molar refractivity (Wildman–Crippen MR) is 99.8 cm³/mol. The molecule has 0 saturated heterocycles. The number of benzene rings is 3. The highest BCUT2D eigenvalue weighted by Crippen LogP contribution is 2.28. The van der Waals surface area contributed by atoms with Gasteiger partial charge in [0.1, 0.15) is 0 Å². The van der Waals surface area contributed by atoms with E-state index in [0.29, 0.717) is 0 Å². The first kappa shape index (κ1) is 15.0. The molecule has 0 spiro atoms. The topological polar surface area (TPSA) is 50.1 Å². The van der Waals surface area contributed by atoms with Crippen molar-refractivity contribution in [3.05, 3.63) is 77.9 Å². The highest BCUT2D eigenvalue weighted by atomic mass is 14.9. The number of hydrogen-bond donors (Lipinski definition) is 3. The van der Waals surface area contributed by atoms with E-state index in [1.807, 2.05) is 36.4 Å². The molecule has 0 atom stereocenters. The predicted octanol–water partition coefficient (Wildman–Crippen LogP) is 5.37. The van der Waals surface area contributed by atoms with Gasteiger partial charge in [0.2, 0.25) is 0 Å². The Morgan fingerprint density at radius 3 is 1.83 bits per heavy atom. The van der Waals surface area contributed by atoms with Gasteiger partial charge in [-0.05, 0) is 67.4 Å². The molecule has 0 heterocycles. The summed E-state index contributed by atoms with van der Waals surface area (Å²) in [6.07, 6.45) is 0. The van der Waals surface area contributed by atoms with Crippen molar-refractivity contribution in [1.82, 2.24) is 0 Å². The molecule has 0 unspecified atom stereocenters. The fourth-order valence-corrected chi connectivity index (χ4v) is 2.51. The molecule has 3 aromatic carbocycles. The van der Waals surface area contributed by atoms with Crippen LogP contribution in [0, 0.1) is 13.8 Å². The second kappa shape index (κ2) is 6.44. The highest BCUT2D eigenvalue weighted by Gasteiger charge is 2.03. The second-order valence-corrected chi connectivity index (χ2v) is 5.79. The molecule has 3 nitrogen and oxygen atoms in total. The molecule has 4 N–H and O–H groups in total. The maximum absolute atomic E-state index is 6.10. The van der Waals surface area contributed by atoms with Crippen LogP contribution >= 0.6 is 0 Å². The zero-order valence-electron chi connectivity index (χ0n) is 13.4. The van der Waals surface area contributed by atoms with Crippen molar-refractivity contribution >= 4 is 28.4 Å². The third-order valence-electron chi connectivity index (χ3n) is 3.66. The van der Waals surface area contributed by atoms with Gasteiger partial charge in [0.15, 0.2) is 0 Å². The fourth-order valence-electron chi connectivity index (χ4n) is 2.51. The summed E-state index contributed by atoms with van der Waals surface area (Å²) in [6, 6.07) is 22.5. The normalized spacial score (nSPS) is 10.3. The molecule has 3 rings (SSSR count). The van der Waals surface area contributed by atoms with Gasteiger partial charge in [0.25, 0.3) is 0 Å². The van der Waals surface area contributed by atoms with E-state index in [0.717, 1.165) is 28.4 Å². The lowest BCUT2D eigenvalue weighted by atomic mass is 10.2. The Labute approximate surface area is 137 Å². The summed E-state index contributed by atoms with van der Waals surface area (Å²) in [5, 5.41) is 6.80. The minimum absolute atomic E-state index is 0.723. The van der Waals surface area contributed by atoms with Gasteiger partial charge in [-0.3, -0.25) is 0 Å². The van der Waals surface area contributed by atoms with E-state index in [1.165, 1.54) is 11.1 Å². The van der Waals surface area contributed by atoms with Crippen LogP contribution in [0.1, 0.15) is 11.1 Å². The van der Waals surface area contributed by atoms with Gasteiger partial charge < -0.3 is 16.4 Å². The molecular weight excluding hydrogens is 282 g/mol. The molecule has 3 heteroatoms. The summed E-state index contributed by atoms with van der Waals surface area (Å²) in [5.41, 5.74) is 13.3. The van der Waals surface area contributed by atoms with Gasteiger partial charge in [0, 0.05) is 17.1 Å². The molecule has 0 radical (unpaired) electrons. The van der Waals surface area contributed by atoms with E-state index in [4.69, 9.17) is 5.73 Å². The number of nitrogens with one attached hydrogen (secondary N) is 2. The lowest BCUT2D eigenvalue weighted by Gasteiger charge is -2.13. The number of hydrogen-bond acceptors (Lipinski definition) is 3. The van der Waals surface area contributed by atoms with Crippen LogP contribution < -0.4 is 16.4 Å². The summed E-state index contributed by atoms with van der Waals surface area (Å²) in [7, 11) is 0. The molecular formula is C20H21N3. The third-order valence-corrected chi connectivity index (χ3v) is 3.66.